The summed E-state index contributed by atoms with van der Waals surface area (Å²) in [6, 6.07) is 14.0. The summed E-state index contributed by atoms with van der Waals surface area (Å²) in [6.45, 7) is 7.65. The second kappa shape index (κ2) is 10.5. The van der Waals surface area contributed by atoms with Crippen molar-refractivity contribution in [2.75, 3.05) is 9.80 Å². The lowest BCUT2D eigenvalue weighted by Crippen LogP contribution is -2.34. The zero-order valence-corrected chi connectivity index (χ0v) is 25.0. The molecule has 2 saturated carbocycles. The highest BCUT2D eigenvalue weighted by Crippen LogP contribution is 2.59. The molecule has 4 aliphatic carbocycles. The standard InChI is InChI=1S/C38H36N2O5/c1-3-5-7-25-27-17-18-28(25)32-31(27)35(41)39(36(32)42)21-9-13-23(14-10-21)45-24-15-11-22(12-16-24)40-37(43)33-29-19-20-30(34(33)38(40)44)26(29)8-6-4-2/h3-4,9-20,25-34H,1-2,5-8H2. The Morgan fingerprint density at radius 3 is 1.13 bits per heavy atom. The number of hydrogen-bond acceptors (Lipinski definition) is 5. The van der Waals surface area contributed by atoms with E-state index < -0.39 is 0 Å². The summed E-state index contributed by atoms with van der Waals surface area (Å²) in [6.07, 6.45) is 16.0. The van der Waals surface area contributed by atoms with Gasteiger partial charge in [-0.15, -0.1) is 13.2 Å². The summed E-state index contributed by atoms with van der Waals surface area (Å²) in [5, 5.41) is 0. The highest BCUT2D eigenvalue weighted by atomic mass is 16.5. The first-order valence-electron chi connectivity index (χ1n) is 16.1. The number of anilines is 2. The normalized spacial score (nSPS) is 35.1. The first kappa shape index (κ1) is 28.0. The van der Waals surface area contributed by atoms with E-state index in [9.17, 15) is 19.2 Å². The number of fused-ring (bicyclic) bond motifs is 10. The fraction of sp³-hybridized carbons (Fsp3) is 0.368. The van der Waals surface area contributed by atoms with E-state index in [1.165, 1.54) is 9.80 Å². The number of carbonyl (C=O) groups excluding carboxylic acids is 4. The van der Waals surface area contributed by atoms with Crippen LogP contribution in [-0.4, -0.2) is 23.6 Å². The van der Waals surface area contributed by atoms with Gasteiger partial charge >= 0.3 is 0 Å². The van der Waals surface area contributed by atoms with Crippen molar-refractivity contribution in [1.29, 1.82) is 0 Å². The second-order valence-electron chi connectivity index (χ2n) is 13.4. The van der Waals surface area contributed by atoms with Crippen molar-refractivity contribution in [2.45, 2.75) is 25.7 Å². The van der Waals surface area contributed by atoms with Crippen LogP contribution in [0.5, 0.6) is 11.5 Å². The summed E-state index contributed by atoms with van der Waals surface area (Å²) in [7, 11) is 0. The van der Waals surface area contributed by atoms with E-state index in [4.69, 9.17) is 4.74 Å². The highest BCUT2D eigenvalue weighted by molar-refractivity contribution is 6.23. The summed E-state index contributed by atoms with van der Waals surface area (Å²) in [5.74, 6) is 0.662. The molecule has 4 amide bonds. The zero-order chi connectivity index (χ0) is 31.0. The van der Waals surface area contributed by atoms with Gasteiger partial charge in [-0.25, -0.2) is 0 Å². The Kier molecular flexibility index (Phi) is 6.55. The molecule has 8 unspecified atom stereocenters. The molecule has 2 aromatic carbocycles. The zero-order valence-electron chi connectivity index (χ0n) is 25.0. The van der Waals surface area contributed by atoms with Crippen LogP contribution in [0.25, 0.3) is 0 Å². The second-order valence-corrected chi connectivity index (χ2v) is 13.4. The maximum Gasteiger partial charge on any atom is 0.238 e. The lowest BCUT2D eigenvalue weighted by molar-refractivity contribution is -0.125. The minimum Gasteiger partial charge on any atom is -0.457 e. The number of allylic oxidation sites excluding steroid dienone is 6. The van der Waals surface area contributed by atoms with E-state index in [0.29, 0.717) is 34.7 Å². The van der Waals surface area contributed by atoms with Crippen molar-refractivity contribution < 1.29 is 23.9 Å². The lowest BCUT2D eigenvalue weighted by Gasteiger charge is -2.22. The summed E-state index contributed by atoms with van der Waals surface area (Å²) in [4.78, 5) is 56.7. The van der Waals surface area contributed by atoms with Gasteiger partial charge in [-0.3, -0.25) is 29.0 Å². The van der Waals surface area contributed by atoms with E-state index in [2.05, 4.69) is 37.5 Å². The summed E-state index contributed by atoms with van der Waals surface area (Å²) >= 11 is 0. The van der Waals surface area contributed by atoms with Crippen LogP contribution < -0.4 is 14.5 Å². The molecule has 7 nitrogen and oxygen atoms in total. The first-order chi connectivity index (χ1) is 21.9. The molecule has 0 spiro atoms. The Bertz CT molecular complexity index is 1480. The van der Waals surface area contributed by atoms with E-state index >= 15 is 0 Å². The van der Waals surface area contributed by atoms with Crippen LogP contribution in [0.4, 0.5) is 11.4 Å². The number of nitrogens with zero attached hydrogens (tertiary/aromatic N) is 2. The topological polar surface area (TPSA) is 84.0 Å². The SMILES string of the molecule is C=CCCC1C2C=CC1C1C(=O)N(c3ccc(Oc4ccc(N5C(=O)C6C7C=CC(C7CCC=C)C6C5=O)cc4)cc3)C(=O)C21. The molecule has 45 heavy (non-hydrogen) atoms. The molecule has 2 aliphatic heterocycles. The third-order valence-electron chi connectivity index (χ3n) is 11.4. The van der Waals surface area contributed by atoms with Crippen LogP contribution in [0, 0.1) is 59.2 Å². The van der Waals surface area contributed by atoms with Crippen LogP contribution in [-0.2, 0) is 19.2 Å². The Morgan fingerprint density at radius 1 is 0.533 bits per heavy atom. The first-order valence-corrected chi connectivity index (χ1v) is 16.1. The predicted molar refractivity (Wildman–Crippen MR) is 170 cm³/mol. The number of hydrogen-bond donors (Lipinski definition) is 0. The van der Waals surface area contributed by atoms with E-state index in [1.54, 1.807) is 48.5 Å². The minimum atomic E-state index is -0.282. The van der Waals surface area contributed by atoms with Gasteiger partial charge in [0.25, 0.3) is 0 Å². The van der Waals surface area contributed by atoms with Gasteiger partial charge in [-0.1, -0.05) is 36.5 Å². The molecule has 2 saturated heterocycles. The monoisotopic (exact) mass is 600 g/mol. The van der Waals surface area contributed by atoms with Gasteiger partial charge in [0.15, 0.2) is 0 Å². The molecule has 4 fully saturated rings. The average Bonchev–Trinajstić information content (AvgIpc) is 3.88. The van der Waals surface area contributed by atoms with Gasteiger partial charge in [0.2, 0.25) is 23.6 Å². The Morgan fingerprint density at radius 2 is 0.844 bits per heavy atom. The van der Waals surface area contributed by atoms with E-state index in [1.807, 2.05) is 12.2 Å². The van der Waals surface area contributed by atoms with Crippen molar-refractivity contribution in [1.82, 2.24) is 0 Å². The summed E-state index contributed by atoms with van der Waals surface area (Å²) in [5.41, 5.74) is 1.10. The smallest absolute Gasteiger partial charge is 0.238 e. The van der Waals surface area contributed by atoms with Crippen LogP contribution in [0.1, 0.15) is 25.7 Å². The van der Waals surface area contributed by atoms with Crippen molar-refractivity contribution in [2.24, 2.45) is 59.2 Å². The van der Waals surface area contributed by atoms with Gasteiger partial charge in [-0.2, -0.15) is 0 Å². The van der Waals surface area contributed by atoms with Gasteiger partial charge in [0.05, 0.1) is 35.0 Å². The molecular weight excluding hydrogens is 564 g/mol. The molecule has 8 rings (SSSR count). The number of ether oxygens (including phenoxy) is 1. The van der Waals surface area contributed by atoms with Crippen molar-refractivity contribution in [3.8, 4) is 11.5 Å². The van der Waals surface area contributed by atoms with Crippen LogP contribution >= 0.6 is 0 Å². The highest BCUT2D eigenvalue weighted by Gasteiger charge is 2.64. The summed E-state index contributed by atoms with van der Waals surface area (Å²) < 4.78 is 6.05. The van der Waals surface area contributed by atoms with Crippen LogP contribution in [0.3, 0.4) is 0 Å². The largest absolute Gasteiger partial charge is 0.457 e. The maximum absolute atomic E-state index is 13.5. The number of rotatable bonds is 10. The van der Waals surface area contributed by atoms with E-state index in [-0.39, 0.29) is 71.0 Å². The predicted octanol–water partition coefficient (Wildman–Crippen LogP) is 6.49. The van der Waals surface area contributed by atoms with Gasteiger partial charge in [0.1, 0.15) is 11.5 Å². The Balaban J connectivity index is 0.930. The maximum atomic E-state index is 13.5. The molecule has 6 aliphatic rings. The minimum absolute atomic E-state index is 0.110. The molecule has 2 heterocycles. The van der Waals surface area contributed by atoms with Gasteiger partial charge in [-0.05, 0) is 110 Å². The number of benzene rings is 2. The third kappa shape index (κ3) is 4.02. The Hall–Kier alpha value is -4.52. The molecule has 8 atom stereocenters. The van der Waals surface area contributed by atoms with E-state index in [0.717, 1.165) is 25.7 Å². The van der Waals surface area contributed by atoms with Crippen LogP contribution in [0.2, 0.25) is 0 Å². The molecule has 0 aromatic heterocycles. The van der Waals surface area contributed by atoms with Crippen molar-refractivity contribution in [3.63, 3.8) is 0 Å². The number of amides is 4. The van der Waals surface area contributed by atoms with Gasteiger partial charge < -0.3 is 4.74 Å². The number of carbonyl (C=O) groups is 4. The molecule has 2 aromatic rings. The average molecular weight is 601 g/mol. The molecule has 0 radical (unpaired) electrons. The molecule has 4 bridgehead atoms. The number of imide groups is 2. The fourth-order valence-electron chi connectivity index (χ4n) is 9.55. The molecule has 7 heteroatoms. The lowest BCUT2D eigenvalue weighted by atomic mass is 9.85. The molecule has 228 valence electrons. The fourth-order valence-corrected chi connectivity index (χ4v) is 9.55. The van der Waals surface area contributed by atoms with Crippen molar-refractivity contribution >= 4 is 35.0 Å². The quantitative estimate of drug-likeness (QED) is 0.230. The van der Waals surface area contributed by atoms with Gasteiger partial charge in [0, 0.05) is 0 Å². The molecular formula is C38H36N2O5. The van der Waals surface area contributed by atoms with Crippen LogP contribution in [0.15, 0.2) is 98.1 Å². The molecule has 0 N–H and O–H groups in total. The van der Waals surface area contributed by atoms with Crippen molar-refractivity contribution in [3.05, 3.63) is 98.1 Å². The Labute approximate surface area is 262 Å². The third-order valence-corrected chi connectivity index (χ3v) is 11.4.